The molecule has 34 heavy (non-hydrogen) atoms. The highest BCUT2D eigenvalue weighted by molar-refractivity contribution is 6.08. The van der Waals surface area contributed by atoms with Crippen LogP contribution in [0.4, 0.5) is 17.2 Å². The Bertz CT molecular complexity index is 1420. The molecule has 0 radical (unpaired) electrons. The van der Waals surface area contributed by atoms with Gasteiger partial charge in [0.25, 0.3) is 5.91 Å². The second-order valence-electron chi connectivity index (χ2n) is 7.64. The van der Waals surface area contributed by atoms with Crippen molar-refractivity contribution < 1.29 is 19.4 Å². The zero-order valence-electron chi connectivity index (χ0n) is 18.7. The van der Waals surface area contributed by atoms with Gasteiger partial charge in [-0.05, 0) is 29.8 Å². The molecule has 0 unspecified atom stereocenters. The van der Waals surface area contributed by atoms with Crippen molar-refractivity contribution in [2.45, 2.75) is 0 Å². The van der Waals surface area contributed by atoms with Gasteiger partial charge in [-0.25, -0.2) is 9.78 Å². The van der Waals surface area contributed by atoms with Crippen LogP contribution in [0.2, 0.25) is 0 Å². The summed E-state index contributed by atoms with van der Waals surface area (Å²) in [6.45, 7) is 0. The minimum Gasteiger partial charge on any atom is -0.478 e. The van der Waals surface area contributed by atoms with Crippen molar-refractivity contribution in [3.8, 4) is 17.1 Å². The molecule has 0 saturated carbocycles. The Morgan fingerprint density at radius 3 is 2.56 bits per heavy atom. The third-order valence-corrected chi connectivity index (χ3v) is 5.18. The van der Waals surface area contributed by atoms with Gasteiger partial charge < -0.3 is 25.8 Å². The Kier molecular flexibility index (Phi) is 5.96. The fourth-order valence-corrected chi connectivity index (χ4v) is 3.56. The van der Waals surface area contributed by atoms with Crippen LogP contribution in [0.25, 0.3) is 22.0 Å². The maximum atomic E-state index is 12.1. The highest BCUT2D eigenvalue weighted by atomic mass is 16.5. The van der Waals surface area contributed by atoms with Crippen LogP contribution in [-0.2, 0) is 0 Å². The number of benzene rings is 2. The van der Waals surface area contributed by atoms with Crippen LogP contribution in [0, 0.1) is 0 Å². The molecular formula is C24H22N6O4. The summed E-state index contributed by atoms with van der Waals surface area (Å²) in [5, 5.41) is 13.1. The van der Waals surface area contributed by atoms with Crippen LogP contribution < -0.4 is 20.7 Å². The summed E-state index contributed by atoms with van der Waals surface area (Å²) in [6, 6.07) is 12.1. The summed E-state index contributed by atoms with van der Waals surface area (Å²) in [5.41, 5.74) is 9.01. The SMILES string of the molecule is COc1ncc(-c2ccc3c(Nc4cccc(C(=O)O)c4)c(C(N)=O)cnc3c2)c(N(C)C)n1. The number of methoxy groups -OCH3 is 1. The number of nitrogens with zero attached hydrogens (tertiary/aromatic N) is 4. The number of primary amides is 1. The van der Waals surface area contributed by atoms with E-state index in [4.69, 9.17) is 10.5 Å². The predicted octanol–water partition coefficient (Wildman–Crippen LogP) is 3.31. The molecule has 0 fully saturated rings. The van der Waals surface area contributed by atoms with Crippen molar-refractivity contribution in [1.82, 2.24) is 15.0 Å². The molecular weight excluding hydrogens is 436 g/mol. The van der Waals surface area contributed by atoms with Gasteiger partial charge in [0.05, 0.1) is 29.4 Å². The van der Waals surface area contributed by atoms with Gasteiger partial charge in [0, 0.05) is 43.1 Å². The Morgan fingerprint density at radius 2 is 1.88 bits per heavy atom. The van der Waals surface area contributed by atoms with Crippen LogP contribution in [0.15, 0.2) is 54.9 Å². The molecule has 0 aliphatic heterocycles. The van der Waals surface area contributed by atoms with E-state index >= 15 is 0 Å². The van der Waals surface area contributed by atoms with Crippen molar-refractivity contribution in [1.29, 1.82) is 0 Å². The van der Waals surface area contributed by atoms with Crippen LogP contribution in [0.3, 0.4) is 0 Å². The Labute approximate surface area is 195 Å². The quantitative estimate of drug-likeness (QED) is 0.380. The van der Waals surface area contributed by atoms with Gasteiger partial charge in [0.1, 0.15) is 5.82 Å². The molecule has 4 N–H and O–H groups in total. The number of anilines is 3. The number of carbonyl (C=O) groups is 2. The Hall–Kier alpha value is -4.73. The van der Waals surface area contributed by atoms with E-state index in [0.29, 0.717) is 28.1 Å². The zero-order chi connectivity index (χ0) is 24.4. The maximum Gasteiger partial charge on any atom is 0.335 e. The first-order valence-electron chi connectivity index (χ1n) is 10.2. The number of aromatic nitrogens is 3. The molecule has 1 amide bonds. The van der Waals surface area contributed by atoms with E-state index in [9.17, 15) is 14.7 Å². The number of nitrogens with one attached hydrogen (secondary N) is 1. The summed E-state index contributed by atoms with van der Waals surface area (Å²) < 4.78 is 5.15. The minimum absolute atomic E-state index is 0.113. The van der Waals surface area contributed by atoms with Crippen LogP contribution in [0.1, 0.15) is 20.7 Å². The van der Waals surface area contributed by atoms with Gasteiger partial charge in [-0.15, -0.1) is 0 Å². The normalized spacial score (nSPS) is 10.7. The lowest BCUT2D eigenvalue weighted by atomic mass is 10.0. The number of ether oxygens (including phenoxy) is 1. The average Bonchev–Trinajstić information content (AvgIpc) is 2.83. The smallest absolute Gasteiger partial charge is 0.335 e. The maximum absolute atomic E-state index is 12.1. The lowest BCUT2D eigenvalue weighted by Crippen LogP contribution is -2.14. The average molecular weight is 458 g/mol. The molecule has 4 aromatic rings. The summed E-state index contributed by atoms with van der Waals surface area (Å²) in [7, 11) is 5.25. The third-order valence-electron chi connectivity index (χ3n) is 5.18. The third kappa shape index (κ3) is 4.29. The molecule has 0 aliphatic rings. The number of pyridine rings is 1. The van der Waals surface area contributed by atoms with Gasteiger partial charge in [-0.1, -0.05) is 18.2 Å². The summed E-state index contributed by atoms with van der Waals surface area (Å²) in [6.07, 6.45) is 3.08. The van der Waals surface area contributed by atoms with E-state index < -0.39 is 11.9 Å². The van der Waals surface area contributed by atoms with E-state index in [1.807, 2.05) is 37.2 Å². The highest BCUT2D eigenvalue weighted by Gasteiger charge is 2.17. The standard InChI is InChI=1S/C24H22N6O4/c1-30(2)22-17(11-27-24(29-22)34-3)13-7-8-16-19(10-13)26-12-18(21(25)31)20(16)28-15-6-4-5-14(9-15)23(32)33/h4-12H,1-3H3,(H2,25,31)(H,26,28)(H,32,33). The number of carbonyl (C=O) groups excluding carboxylic acids is 1. The first kappa shape index (κ1) is 22.5. The van der Waals surface area contributed by atoms with Crippen LogP contribution in [0.5, 0.6) is 6.01 Å². The van der Waals surface area contributed by atoms with Crippen molar-refractivity contribution in [3.63, 3.8) is 0 Å². The molecule has 2 aromatic carbocycles. The van der Waals surface area contributed by atoms with E-state index in [1.165, 1.54) is 25.4 Å². The molecule has 0 aliphatic carbocycles. The number of hydrogen-bond donors (Lipinski definition) is 3. The number of fused-ring (bicyclic) bond motifs is 1. The fraction of sp³-hybridized carbons (Fsp3) is 0.125. The highest BCUT2D eigenvalue weighted by Crippen LogP contribution is 2.34. The summed E-state index contributed by atoms with van der Waals surface area (Å²) >= 11 is 0. The molecule has 2 aromatic heterocycles. The first-order valence-corrected chi connectivity index (χ1v) is 10.2. The van der Waals surface area contributed by atoms with Crippen LogP contribution >= 0.6 is 0 Å². The number of carboxylic acid groups (broad SMARTS) is 1. The molecule has 172 valence electrons. The molecule has 4 rings (SSSR count). The summed E-state index contributed by atoms with van der Waals surface area (Å²) in [5.74, 6) is -1.04. The van der Waals surface area contributed by atoms with Crippen LogP contribution in [-0.4, -0.2) is 53.1 Å². The molecule has 0 atom stereocenters. The van der Waals surface area contributed by atoms with Crippen molar-refractivity contribution in [2.75, 3.05) is 31.4 Å². The number of nitrogens with two attached hydrogens (primary N) is 1. The molecule has 10 nitrogen and oxygen atoms in total. The topological polar surface area (TPSA) is 144 Å². The van der Waals surface area contributed by atoms with Gasteiger partial charge in [0.15, 0.2) is 0 Å². The molecule has 0 saturated heterocycles. The van der Waals surface area contributed by atoms with Gasteiger partial charge in [-0.2, -0.15) is 4.98 Å². The van der Waals surface area contributed by atoms with Crippen molar-refractivity contribution in [3.05, 3.63) is 66.0 Å². The number of amides is 1. The number of aromatic carboxylic acids is 1. The monoisotopic (exact) mass is 458 g/mol. The largest absolute Gasteiger partial charge is 0.478 e. The van der Waals surface area contributed by atoms with Crippen molar-refractivity contribution >= 4 is 40.0 Å². The second-order valence-corrected chi connectivity index (χ2v) is 7.64. The zero-order valence-corrected chi connectivity index (χ0v) is 18.7. The van der Waals surface area contributed by atoms with Gasteiger partial charge in [-0.3, -0.25) is 9.78 Å². The summed E-state index contributed by atoms with van der Waals surface area (Å²) in [4.78, 5) is 38.4. The molecule has 10 heteroatoms. The molecule has 2 heterocycles. The van der Waals surface area contributed by atoms with Crippen molar-refractivity contribution in [2.24, 2.45) is 5.73 Å². The van der Waals surface area contributed by atoms with E-state index in [2.05, 4.69) is 20.3 Å². The Balaban J connectivity index is 1.85. The molecule has 0 spiro atoms. The minimum atomic E-state index is -1.05. The fourth-order valence-electron chi connectivity index (χ4n) is 3.56. The van der Waals surface area contributed by atoms with E-state index in [-0.39, 0.29) is 17.1 Å². The number of rotatable bonds is 7. The number of carboxylic acids is 1. The van der Waals surface area contributed by atoms with Gasteiger partial charge in [0.2, 0.25) is 0 Å². The lowest BCUT2D eigenvalue weighted by Gasteiger charge is -2.17. The number of hydrogen-bond acceptors (Lipinski definition) is 8. The lowest BCUT2D eigenvalue weighted by molar-refractivity contribution is 0.0696. The van der Waals surface area contributed by atoms with E-state index in [1.54, 1.807) is 18.3 Å². The molecule has 0 bridgehead atoms. The first-order chi connectivity index (χ1) is 16.3. The van der Waals surface area contributed by atoms with E-state index in [0.717, 1.165) is 11.1 Å². The van der Waals surface area contributed by atoms with Gasteiger partial charge >= 0.3 is 12.0 Å². The second kappa shape index (κ2) is 9.02. The predicted molar refractivity (Wildman–Crippen MR) is 129 cm³/mol. The Morgan fingerprint density at radius 1 is 1.09 bits per heavy atom.